The lowest BCUT2D eigenvalue weighted by molar-refractivity contribution is 0.411. The van der Waals surface area contributed by atoms with Gasteiger partial charge in [-0.2, -0.15) is 0 Å². The van der Waals surface area contributed by atoms with Gasteiger partial charge in [0.05, 0.1) is 12.0 Å². The van der Waals surface area contributed by atoms with Crippen LogP contribution in [0.4, 0.5) is 5.69 Å². The van der Waals surface area contributed by atoms with Crippen molar-refractivity contribution in [2.45, 2.75) is 18.4 Å². The number of hydrogen-bond donors (Lipinski definition) is 1. The zero-order valence-corrected chi connectivity index (χ0v) is 13.2. The third-order valence-electron chi connectivity index (χ3n) is 3.24. The minimum atomic E-state index is -3.14. The Morgan fingerprint density at radius 3 is 2.29 bits per heavy atom. The minimum absolute atomic E-state index is 0.327. The molecule has 0 saturated carbocycles. The van der Waals surface area contributed by atoms with Crippen LogP contribution >= 0.6 is 0 Å². The van der Waals surface area contributed by atoms with Crippen molar-refractivity contribution in [1.82, 2.24) is 0 Å². The summed E-state index contributed by atoms with van der Waals surface area (Å²) in [6.07, 6.45) is 1.20. The number of hydrogen-bond acceptors (Lipinski definition) is 4. The number of rotatable bonds is 5. The van der Waals surface area contributed by atoms with Gasteiger partial charge in [0.2, 0.25) is 0 Å². The standard InChI is InChI=1S/C16H19NO3S/c1-12-10-13(4-9-16(12)20-2)11-17-14-5-7-15(8-6-14)21(3,18)19/h4-10,17H,11H2,1-3H3. The molecule has 21 heavy (non-hydrogen) atoms. The third-order valence-corrected chi connectivity index (χ3v) is 4.37. The maximum Gasteiger partial charge on any atom is 0.175 e. The minimum Gasteiger partial charge on any atom is -0.496 e. The van der Waals surface area contributed by atoms with Gasteiger partial charge >= 0.3 is 0 Å². The van der Waals surface area contributed by atoms with Crippen LogP contribution in [-0.4, -0.2) is 21.8 Å². The first-order valence-corrected chi connectivity index (χ1v) is 8.47. The van der Waals surface area contributed by atoms with E-state index in [4.69, 9.17) is 4.74 Å². The highest BCUT2D eigenvalue weighted by molar-refractivity contribution is 7.90. The number of ether oxygens (including phenoxy) is 1. The van der Waals surface area contributed by atoms with E-state index in [-0.39, 0.29) is 0 Å². The van der Waals surface area contributed by atoms with E-state index >= 15 is 0 Å². The van der Waals surface area contributed by atoms with Crippen LogP contribution in [-0.2, 0) is 16.4 Å². The molecular weight excluding hydrogens is 286 g/mol. The van der Waals surface area contributed by atoms with Crippen LogP contribution in [0.15, 0.2) is 47.4 Å². The monoisotopic (exact) mass is 305 g/mol. The fourth-order valence-corrected chi connectivity index (χ4v) is 2.71. The van der Waals surface area contributed by atoms with Crippen LogP contribution in [0.2, 0.25) is 0 Å². The highest BCUT2D eigenvalue weighted by Crippen LogP contribution is 2.20. The average molecular weight is 305 g/mol. The smallest absolute Gasteiger partial charge is 0.175 e. The van der Waals surface area contributed by atoms with Crippen LogP contribution in [0.1, 0.15) is 11.1 Å². The second kappa shape index (κ2) is 6.18. The van der Waals surface area contributed by atoms with Gasteiger partial charge < -0.3 is 10.1 Å². The van der Waals surface area contributed by atoms with Gasteiger partial charge in [0.15, 0.2) is 9.84 Å². The molecule has 0 bridgehead atoms. The molecule has 0 fully saturated rings. The maximum atomic E-state index is 11.4. The molecule has 1 N–H and O–H groups in total. The highest BCUT2D eigenvalue weighted by atomic mass is 32.2. The molecule has 0 aliphatic rings. The van der Waals surface area contributed by atoms with E-state index in [0.29, 0.717) is 11.4 Å². The summed E-state index contributed by atoms with van der Waals surface area (Å²) in [6.45, 7) is 2.67. The molecule has 0 unspecified atom stereocenters. The first-order valence-electron chi connectivity index (χ1n) is 6.57. The lowest BCUT2D eigenvalue weighted by Crippen LogP contribution is -2.01. The maximum absolute atomic E-state index is 11.4. The van der Waals surface area contributed by atoms with Crippen molar-refractivity contribution >= 4 is 15.5 Å². The molecule has 2 rings (SSSR count). The molecule has 112 valence electrons. The fourth-order valence-electron chi connectivity index (χ4n) is 2.07. The van der Waals surface area contributed by atoms with Gasteiger partial charge in [0, 0.05) is 18.5 Å². The topological polar surface area (TPSA) is 55.4 Å². The van der Waals surface area contributed by atoms with E-state index in [1.807, 2.05) is 19.1 Å². The van der Waals surface area contributed by atoms with Crippen molar-refractivity contribution in [1.29, 1.82) is 0 Å². The average Bonchev–Trinajstić information content (AvgIpc) is 2.45. The number of benzene rings is 2. The van der Waals surface area contributed by atoms with Crippen molar-refractivity contribution in [2.24, 2.45) is 0 Å². The van der Waals surface area contributed by atoms with Crippen LogP contribution in [0.3, 0.4) is 0 Å². The summed E-state index contributed by atoms with van der Waals surface area (Å²) < 4.78 is 28.0. The summed E-state index contributed by atoms with van der Waals surface area (Å²) in [4.78, 5) is 0.327. The predicted molar refractivity (Wildman–Crippen MR) is 84.6 cm³/mol. The molecule has 0 atom stereocenters. The molecular formula is C16H19NO3S. The fraction of sp³-hybridized carbons (Fsp3) is 0.250. The Morgan fingerprint density at radius 2 is 1.76 bits per heavy atom. The Kier molecular flexibility index (Phi) is 4.53. The van der Waals surface area contributed by atoms with Gasteiger partial charge in [0.1, 0.15) is 5.75 Å². The van der Waals surface area contributed by atoms with Crippen molar-refractivity contribution in [3.05, 3.63) is 53.6 Å². The van der Waals surface area contributed by atoms with E-state index < -0.39 is 9.84 Å². The van der Waals surface area contributed by atoms with Crippen molar-refractivity contribution in [2.75, 3.05) is 18.7 Å². The van der Waals surface area contributed by atoms with E-state index in [1.54, 1.807) is 31.4 Å². The van der Waals surface area contributed by atoms with Gasteiger partial charge in [0.25, 0.3) is 0 Å². The van der Waals surface area contributed by atoms with Gasteiger partial charge in [-0.3, -0.25) is 0 Å². The zero-order valence-electron chi connectivity index (χ0n) is 12.4. The largest absolute Gasteiger partial charge is 0.496 e. The van der Waals surface area contributed by atoms with Crippen LogP contribution in [0.5, 0.6) is 5.75 Å². The summed E-state index contributed by atoms with van der Waals surface area (Å²) in [5, 5.41) is 3.27. The first kappa shape index (κ1) is 15.4. The molecule has 5 heteroatoms. The molecule has 2 aromatic rings. The first-order chi connectivity index (χ1) is 9.90. The van der Waals surface area contributed by atoms with E-state index in [2.05, 4.69) is 11.4 Å². The van der Waals surface area contributed by atoms with Gasteiger partial charge in [-0.05, 0) is 48.4 Å². The Hall–Kier alpha value is -2.01. The summed E-state index contributed by atoms with van der Waals surface area (Å²) in [7, 11) is -1.49. The number of aryl methyl sites for hydroxylation is 1. The molecule has 0 amide bonds. The number of nitrogens with one attached hydrogen (secondary N) is 1. The molecule has 4 nitrogen and oxygen atoms in total. The lowest BCUT2D eigenvalue weighted by Gasteiger charge is -2.10. The summed E-state index contributed by atoms with van der Waals surface area (Å²) in [6, 6.07) is 12.8. The summed E-state index contributed by atoms with van der Waals surface area (Å²) in [5.41, 5.74) is 3.11. The number of methoxy groups -OCH3 is 1. The Balaban J connectivity index is 2.05. The van der Waals surface area contributed by atoms with Gasteiger partial charge in [-0.25, -0.2) is 8.42 Å². The third kappa shape index (κ3) is 3.98. The van der Waals surface area contributed by atoms with Crippen molar-refractivity contribution in [3.8, 4) is 5.75 Å². The zero-order chi connectivity index (χ0) is 15.5. The number of sulfone groups is 1. The Labute approximate surface area is 125 Å². The summed E-state index contributed by atoms with van der Waals surface area (Å²) in [5.74, 6) is 0.872. The van der Waals surface area contributed by atoms with Crippen LogP contribution in [0.25, 0.3) is 0 Å². The molecule has 0 aromatic heterocycles. The molecule has 2 aromatic carbocycles. The van der Waals surface area contributed by atoms with E-state index in [0.717, 1.165) is 22.6 Å². The molecule has 0 radical (unpaired) electrons. The quantitative estimate of drug-likeness (QED) is 0.922. The highest BCUT2D eigenvalue weighted by Gasteiger charge is 2.06. The van der Waals surface area contributed by atoms with Crippen LogP contribution in [0, 0.1) is 6.92 Å². The molecule has 0 spiro atoms. The molecule has 0 saturated heterocycles. The lowest BCUT2D eigenvalue weighted by atomic mass is 10.1. The second-order valence-corrected chi connectivity index (χ2v) is 6.97. The predicted octanol–water partition coefficient (Wildman–Crippen LogP) is 3.02. The van der Waals surface area contributed by atoms with Crippen molar-refractivity contribution in [3.63, 3.8) is 0 Å². The number of anilines is 1. The van der Waals surface area contributed by atoms with Crippen LogP contribution < -0.4 is 10.1 Å². The second-order valence-electron chi connectivity index (χ2n) is 4.95. The SMILES string of the molecule is COc1ccc(CNc2ccc(S(C)(=O)=O)cc2)cc1C. The van der Waals surface area contributed by atoms with E-state index in [9.17, 15) is 8.42 Å². The Morgan fingerprint density at radius 1 is 1.10 bits per heavy atom. The van der Waals surface area contributed by atoms with Gasteiger partial charge in [-0.1, -0.05) is 12.1 Å². The normalized spacial score (nSPS) is 11.2. The van der Waals surface area contributed by atoms with Gasteiger partial charge in [-0.15, -0.1) is 0 Å². The summed E-state index contributed by atoms with van der Waals surface area (Å²) >= 11 is 0. The molecule has 0 aliphatic heterocycles. The van der Waals surface area contributed by atoms with E-state index in [1.165, 1.54) is 6.26 Å². The molecule has 0 heterocycles. The molecule has 0 aliphatic carbocycles. The Bertz CT molecular complexity index is 722. The van der Waals surface area contributed by atoms with Crippen molar-refractivity contribution < 1.29 is 13.2 Å².